The molecule has 2 rings (SSSR count). The van der Waals surface area contributed by atoms with Gasteiger partial charge < -0.3 is 4.74 Å². The van der Waals surface area contributed by atoms with E-state index in [0.717, 1.165) is 15.7 Å². The average Bonchev–Trinajstić information content (AvgIpc) is 2.44. The molecule has 0 amide bonds. The third kappa shape index (κ3) is 4.05. The molecule has 0 aliphatic carbocycles. The van der Waals surface area contributed by atoms with Crippen molar-refractivity contribution in [2.45, 2.75) is 20.0 Å². The summed E-state index contributed by atoms with van der Waals surface area (Å²) in [6.45, 7) is 2.18. The predicted octanol–water partition coefficient (Wildman–Crippen LogP) is 4.42. The van der Waals surface area contributed by atoms with E-state index in [1.807, 2.05) is 31.2 Å². The minimum absolute atomic E-state index is 0.222. The number of esters is 1. The molecule has 1 aromatic heterocycles. The number of halogens is 2. The largest absolute Gasteiger partial charge is 0.457 e. The van der Waals surface area contributed by atoms with Crippen molar-refractivity contribution in [1.82, 2.24) is 4.98 Å². The highest BCUT2D eigenvalue weighted by Crippen LogP contribution is 2.15. The molecule has 104 valence electrons. The van der Waals surface area contributed by atoms with Crippen LogP contribution in [0.4, 0.5) is 0 Å². The summed E-state index contributed by atoms with van der Waals surface area (Å²) < 4.78 is 6.23. The maximum absolute atomic E-state index is 12.0. The van der Waals surface area contributed by atoms with Gasteiger partial charge in [0.2, 0.25) is 0 Å². The van der Waals surface area contributed by atoms with Gasteiger partial charge in [-0.3, -0.25) is 0 Å². The molecule has 1 heterocycles. The Hall–Kier alpha value is -1.39. The topological polar surface area (TPSA) is 39.2 Å². The number of aryl methyl sites for hydroxylation is 1. The lowest BCUT2D eigenvalue weighted by atomic mass is 10.2. The fourth-order valence-corrected chi connectivity index (χ4v) is 2.38. The molecule has 0 radical (unpaired) electrons. The molecule has 0 atom stereocenters. The van der Waals surface area contributed by atoms with Crippen LogP contribution in [-0.4, -0.2) is 11.0 Å². The lowest BCUT2D eigenvalue weighted by Gasteiger charge is -2.07. The zero-order valence-electron chi connectivity index (χ0n) is 10.9. The van der Waals surface area contributed by atoms with Crippen molar-refractivity contribution in [1.29, 1.82) is 0 Å². The van der Waals surface area contributed by atoms with Crippen LogP contribution in [0.15, 0.2) is 40.9 Å². The Morgan fingerprint density at radius 3 is 2.85 bits per heavy atom. The van der Waals surface area contributed by atoms with Gasteiger partial charge in [-0.2, -0.15) is 0 Å². The maximum Gasteiger partial charge on any atom is 0.338 e. The number of hydrogen-bond donors (Lipinski definition) is 0. The first-order valence-corrected chi connectivity index (χ1v) is 7.33. The smallest absolute Gasteiger partial charge is 0.338 e. The van der Waals surface area contributed by atoms with E-state index in [1.54, 1.807) is 6.07 Å². The summed E-state index contributed by atoms with van der Waals surface area (Å²) in [6, 6.07) is 10.8. The lowest BCUT2D eigenvalue weighted by molar-refractivity contribution is 0.0472. The van der Waals surface area contributed by atoms with E-state index in [2.05, 4.69) is 20.9 Å². The average molecular weight is 355 g/mol. The van der Waals surface area contributed by atoms with Crippen LogP contribution < -0.4 is 0 Å². The Balaban J connectivity index is 2.07. The molecule has 2 aromatic rings. The minimum Gasteiger partial charge on any atom is -0.457 e. The van der Waals surface area contributed by atoms with Crippen molar-refractivity contribution in [2.24, 2.45) is 0 Å². The number of carbonyl (C=O) groups is 1. The second kappa shape index (κ2) is 6.86. The number of hydrogen-bond acceptors (Lipinski definition) is 3. The molecule has 0 saturated carbocycles. The molecule has 0 unspecified atom stereocenters. The first kappa shape index (κ1) is 15.0. The summed E-state index contributed by atoms with van der Waals surface area (Å²) in [7, 11) is 0. The number of rotatable bonds is 4. The van der Waals surface area contributed by atoms with Crippen LogP contribution in [0.1, 0.15) is 28.5 Å². The number of aromatic nitrogens is 1. The molecular weight excluding hydrogens is 342 g/mol. The van der Waals surface area contributed by atoms with Crippen molar-refractivity contribution >= 4 is 33.5 Å². The summed E-state index contributed by atoms with van der Waals surface area (Å²) in [4.78, 5) is 16.1. The van der Waals surface area contributed by atoms with E-state index in [4.69, 9.17) is 16.3 Å². The van der Waals surface area contributed by atoms with Crippen LogP contribution in [0, 0.1) is 0 Å². The van der Waals surface area contributed by atoms with Gasteiger partial charge in [0.15, 0.2) is 0 Å². The van der Waals surface area contributed by atoms with Gasteiger partial charge in [0.05, 0.1) is 5.56 Å². The molecule has 0 spiro atoms. The molecule has 0 saturated heterocycles. The minimum atomic E-state index is -0.399. The number of nitrogens with zero attached hydrogens (tertiary/aromatic N) is 1. The van der Waals surface area contributed by atoms with Crippen molar-refractivity contribution in [3.8, 4) is 0 Å². The van der Waals surface area contributed by atoms with Crippen LogP contribution in [0.2, 0.25) is 5.15 Å². The molecule has 20 heavy (non-hydrogen) atoms. The van der Waals surface area contributed by atoms with Gasteiger partial charge in [0.25, 0.3) is 0 Å². The first-order chi connectivity index (χ1) is 9.58. The van der Waals surface area contributed by atoms with Crippen molar-refractivity contribution in [3.05, 3.63) is 62.8 Å². The Labute approximate surface area is 131 Å². The van der Waals surface area contributed by atoms with E-state index in [0.29, 0.717) is 17.1 Å². The van der Waals surface area contributed by atoms with Gasteiger partial charge in [-0.05, 0) is 36.2 Å². The first-order valence-electron chi connectivity index (χ1n) is 6.16. The number of ether oxygens (including phenoxy) is 1. The van der Waals surface area contributed by atoms with E-state index in [-0.39, 0.29) is 6.61 Å². The SMILES string of the molecule is CCc1cc(C(=O)OCc2cccc(Br)c2)cc(Cl)n1. The second-order valence-electron chi connectivity index (χ2n) is 4.23. The summed E-state index contributed by atoms with van der Waals surface area (Å²) in [5.74, 6) is -0.399. The van der Waals surface area contributed by atoms with Crippen LogP contribution in [-0.2, 0) is 17.8 Å². The zero-order chi connectivity index (χ0) is 14.5. The third-order valence-electron chi connectivity index (χ3n) is 2.70. The van der Waals surface area contributed by atoms with Gasteiger partial charge in [0.1, 0.15) is 11.8 Å². The normalized spacial score (nSPS) is 10.3. The van der Waals surface area contributed by atoms with Crippen molar-refractivity contribution in [3.63, 3.8) is 0 Å². The molecule has 0 aliphatic heterocycles. The van der Waals surface area contributed by atoms with Gasteiger partial charge in [-0.15, -0.1) is 0 Å². The van der Waals surface area contributed by atoms with Crippen LogP contribution >= 0.6 is 27.5 Å². The van der Waals surface area contributed by atoms with E-state index in [1.165, 1.54) is 6.07 Å². The van der Waals surface area contributed by atoms with E-state index >= 15 is 0 Å². The molecule has 0 fully saturated rings. The number of benzene rings is 1. The van der Waals surface area contributed by atoms with Crippen molar-refractivity contribution < 1.29 is 9.53 Å². The fraction of sp³-hybridized carbons (Fsp3) is 0.200. The highest BCUT2D eigenvalue weighted by atomic mass is 79.9. The number of carbonyl (C=O) groups excluding carboxylic acids is 1. The van der Waals surface area contributed by atoms with Crippen LogP contribution in [0.5, 0.6) is 0 Å². The van der Waals surface area contributed by atoms with E-state index in [9.17, 15) is 4.79 Å². The van der Waals surface area contributed by atoms with Gasteiger partial charge >= 0.3 is 5.97 Å². The van der Waals surface area contributed by atoms with Crippen LogP contribution in [0.25, 0.3) is 0 Å². The molecule has 0 aliphatic rings. The monoisotopic (exact) mass is 353 g/mol. The maximum atomic E-state index is 12.0. The Morgan fingerprint density at radius 1 is 1.35 bits per heavy atom. The summed E-state index contributed by atoms with van der Waals surface area (Å²) in [6.07, 6.45) is 0.715. The highest BCUT2D eigenvalue weighted by Gasteiger charge is 2.10. The molecule has 5 heteroatoms. The fourth-order valence-electron chi connectivity index (χ4n) is 1.71. The molecule has 0 bridgehead atoms. The molecular formula is C15H13BrClNO2. The summed E-state index contributed by atoms with van der Waals surface area (Å²) >= 11 is 9.26. The Morgan fingerprint density at radius 2 is 2.15 bits per heavy atom. The van der Waals surface area contributed by atoms with Gasteiger partial charge in [-0.25, -0.2) is 9.78 Å². The Bertz CT molecular complexity index is 631. The second-order valence-corrected chi connectivity index (χ2v) is 5.53. The van der Waals surface area contributed by atoms with Crippen molar-refractivity contribution in [2.75, 3.05) is 0 Å². The zero-order valence-corrected chi connectivity index (χ0v) is 13.2. The van der Waals surface area contributed by atoms with Gasteiger partial charge in [-0.1, -0.05) is 46.6 Å². The standard InChI is InChI=1S/C15H13BrClNO2/c1-2-13-7-11(8-14(17)18-13)15(19)20-9-10-4-3-5-12(16)6-10/h3-8H,2,9H2,1H3. The van der Waals surface area contributed by atoms with E-state index < -0.39 is 5.97 Å². The molecule has 1 aromatic carbocycles. The van der Waals surface area contributed by atoms with Crippen LogP contribution in [0.3, 0.4) is 0 Å². The van der Waals surface area contributed by atoms with Gasteiger partial charge in [0, 0.05) is 10.2 Å². The summed E-state index contributed by atoms with van der Waals surface area (Å²) in [5, 5.41) is 0.304. The molecule has 3 nitrogen and oxygen atoms in total. The summed E-state index contributed by atoms with van der Waals surface area (Å²) in [5.41, 5.74) is 2.12. The highest BCUT2D eigenvalue weighted by molar-refractivity contribution is 9.10. The predicted molar refractivity (Wildman–Crippen MR) is 81.9 cm³/mol. The Kier molecular flexibility index (Phi) is 5.15. The number of pyridine rings is 1. The third-order valence-corrected chi connectivity index (χ3v) is 3.39. The lowest BCUT2D eigenvalue weighted by Crippen LogP contribution is -2.06. The molecule has 0 N–H and O–H groups in total. The quantitative estimate of drug-likeness (QED) is 0.603.